The summed E-state index contributed by atoms with van der Waals surface area (Å²) in [4.78, 5) is 24.6. The predicted molar refractivity (Wildman–Crippen MR) is 85.3 cm³/mol. The first-order valence-electron chi connectivity index (χ1n) is 7.03. The molecule has 0 saturated carbocycles. The molecule has 2 rings (SSSR count). The summed E-state index contributed by atoms with van der Waals surface area (Å²) < 4.78 is 6.73. The second-order valence-corrected chi connectivity index (χ2v) is 5.20. The lowest BCUT2D eigenvalue weighted by molar-refractivity contribution is 0.0948. The van der Waals surface area contributed by atoms with Crippen molar-refractivity contribution in [3.63, 3.8) is 0 Å². The van der Waals surface area contributed by atoms with Crippen molar-refractivity contribution in [1.29, 1.82) is 0 Å². The molecule has 0 aliphatic carbocycles. The number of hydrogen-bond acceptors (Lipinski definition) is 3. The van der Waals surface area contributed by atoms with Gasteiger partial charge in [0.15, 0.2) is 0 Å². The minimum Gasteiger partial charge on any atom is -0.496 e. The maximum Gasteiger partial charge on any atom is 0.263 e. The Bertz CT molecular complexity index is 763. The molecule has 0 unspecified atom stereocenters. The average molecular weight is 300 g/mol. The minimum absolute atomic E-state index is 0.183. The molecule has 0 fully saturated rings. The molecule has 0 bridgehead atoms. The SMILES string of the molecule is COc1ccccc1CNC(=O)c1c(C)cc(C)n(C)c1=O. The molecule has 1 aromatic heterocycles. The van der Waals surface area contributed by atoms with E-state index in [9.17, 15) is 9.59 Å². The van der Waals surface area contributed by atoms with Gasteiger partial charge in [0.25, 0.3) is 11.5 Å². The van der Waals surface area contributed by atoms with E-state index in [0.717, 1.165) is 11.3 Å². The van der Waals surface area contributed by atoms with E-state index in [1.54, 1.807) is 21.1 Å². The highest BCUT2D eigenvalue weighted by atomic mass is 16.5. The quantitative estimate of drug-likeness (QED) is 0.938. The molecule has 5 nitrogen and oxygen atoms in total. The van der Waals surface area contributed by atoms with Gasteiger partial charge in [0, 0.05) is 24.8 Å². The number of aryl methyl sites for hydroxylation is 2. The van der Waals surface area contributed by atoms with Gasteiger partial charge in [0.1, 0.15) is 11.3 Å². The number of benzene rings is 1. The molecule has 1 heterocycles. The van der Waals surface area contributed by atoms with E-state index in [-0.39, 0.29) is 17.0 Å². The van der Waals surface area contributed by atoms with Gasteiger partial charge in [-0.05, 0) is 31.5 Å². The van der Waals surface area contributed by atoms with E-state index >= 15 is 0 Å². The van der Waals surface area contributed by atoms with Crippen LogP contribution in [0.5, 0.6) is 5.75 Å². The van der Waals surface area contributed by atoms with Crippen molar-refractivity contribution in [1.82, 2.24) is 9.88 Å². The highest BCUT2D eigenvalue weighted by Gasteiger charge is 2.16. The number of nitrogens with zero attached hydrogens (tertiary/aromatic N) is 1. The Hall–Kier alpha value is -2.56. The zero-order chi connectivity index (χ0) is 16.3. The molecule has 22 heavy (non-hydrogen) atoms. The highest BCUT2D eigenvalue weighted by Crippen LogP contribution is 2.17. The van der Waals surface area contributed by atoms with Crippen molar-refractivity contribution in [3.05, 3.63) is 63.1 Å². The molecule has 0 aliphatic rings. The number of methoxy groups -OCH3 is 1. The van der Waals surface area contributed by atoms with Gasteiger partial charge in [-0.3, -0.25) is 9.59 Å². The van der Waals surface area contributed by atoms with Gasteiger partial charge in [-0.2, -0.15) is 0 Å². The predicted octanol–water partition coefficient (Wildman–Crippen LogP) is 1.94. The number of aromatic nitrogens is 1. The fraction of sp³-hybridized carbons (Fsp3) is 0.294. The Morgan fingerprint density at radius 3 is 2.64 bits per heavy atom. The van der Waals surface area contributed by atoms with Crippen LogP contribution in [0, 0.1) is 13.8 Å². The number of carbonyl (C=O) groups excluding carboxylic acids is 1. The summed E-state index contributed by atoms with van der Waals surface area (Å²) in [6, 6.07) is 9.28. The lowest BCUT2D eigenvalue weighted by Crippen LogP contribution is -2.33. The molecule has 0 saturated heterocycles. The number of ether oxygens (including phenoxy) is 1. The Labute approximate surface area is 129 Å². The van der Waals surface area contributed by atoms with Crippen LogP contribution in [0.25, 0.3) is 0 Å². The van der Waals surface area contributed by atoms with Crippen LogP contribution in [0.3, 0.4) is 0 Å². The lowest BCUT2D eigenvalue weighted by atomic mass is 10.1. The third-order valence-electron chi connectivity index (χ3n) is 3.73. The number of pyridine rings is 1. The third kappa shape index (κ3) is 3.03. The molecule has 116 valence electrons. The number of nitrogens with one attached hydrogen (secondary N) is 1. The van der Waals surface area contributed by atoms with E-state index < -0.39 is 0 Å². The van der Waals surface area contributed by atoms with Crippen LogP contribution in [-0.2, 0) is 13.6 Å². The largest absolute Gasteiger partial charge is 0.496 e. The first-order chi connectivity index (χ1) is 10.5. The van der Waals surface area contributed by atoms with E-state index in [0.29, 0.717) is 17.9 Å². The molecule has 2 aromatic rings. The molecule has 5 heteroatoms. The molecule has 0 atom stereocenters. The minimum atomic E-state index is -0.371. The van der Waals surface area contributed by atoms with Crippen LogP contribution in [0.2, 0.25) is 0 Å². The highest BCUT2D eigenvalue weighted by molar-refractivity contribution is 5.95. The second-order valence-electron chi connectivity index (χ2n) is 5.20. The topological polar surface area (TPSA) is 60.3 Å². The van der Waals surface area contributed by atoms with Crippen molar-refractivity contribution < 1.29 is 9.53 Å². The maximum atomic E-state index is 12.4. The van der Waals surface area contributed by atoms with E-state index in [4.69, 9.17) is 4.74 Å². The van der Waals surface area contributed by atoms with Crippen LogP contribution in [0.4, 0.5) is 0 Å². The van der Waals surface area contributed by atoms with Crippen molar-refractivity contribution in [2.75, 3.05) is 7.11 Å². The summed E-state index contributed by atoms with van der Waals surface area (Å²) >= 11 is 0. The molecule has 1 aromatic carbocycles. The van der Waals surface area contributed by atoms with Gasteiger partial charge in [-0.1, -0.05) is 18.2 Å². The van der Waals surface area contributed by atoms with Crippen molar-refractivity contribution >= 4 is 5.91 Å². The van der Waals surface area contributed by atoms with Crippen LogP contribution in [0.1, 0.15) is 27.2 Å². The maximum absolute atomic E-state index is 12.4. The van der Waals surface area contributed by atoms with Gasteiger partial charge in [0.2, 0.25) is 0 Å². The van der Waals surface area contributed by atoms with Crippen molar-refractivity contribution in [2.24, 2.45) is 7.05 Å². The van der Waals surface area contributed by atoms with Crippen molar-refractivity contribution in [3.8, 4) is 5.75 Å². The molecule has 0 aliphatic heterocycles. The van der Waals surface area contributed by atoms with Crippen LogP contribution in [-0.4, -0.2) is 17.6 Å². The summed E-state index contributed by atoms with van der Waals surface area (Å²) in [5, 5.41) is 2.79. The number of rotatable bonds is 4. The summed E-state index contributed by atoms with van der Waals surface area (Å²) in [5.41, 5.74) is 2.26. The number of amides is 1. The summed E-state index contributed by atoms with van der Waals surface area (Å²) in [6.45, 7) is 3.91. The molecule has 0 radical (unpaired) electrons. The van der Waals surface area contributed by atoms with Gasteiger partial charge in [0.05, 0.1) is 7.11 Å². The molecular formula is C17H20N2O3. The third-order valence-corrected chi connectivity index (χ3v) is 3.73. The second kappa shape index (κ2) is 6.47. The Balaban J connectivity index is 2.24. The van der Waals surface area contributed by atoms with Crippen LogP contribution in [0.15, 0.2) is 35.1 Å². The zero-order valence-corrected chi connectivity index (χ0v) is 13.3. The average Bonchev–Trinajstić information content (AvgIpc) is 2.51. The van der Waals surface area contributed by atoms with E-state index in [2.05, 4.69) is 5.32 Å². The van der Waals surface area contributed by atoms with Gasteiger partial charge >= 0.3 is 0 Å². The molecule has 1 N–H and O–H groups in total. The van der Waals surface area contributed by atoms with Gasteiger partial charge in [-0.15, -0.1) is 0 Å². The normalized spacial score (nSPS) is 10.4. The zero-order valence-electron chi connectivity index (χ0n) is 13.3. The van der Waals surface area contributed by atoms with Crippen molar-refractivity contribution in [2.45, 2.75) is 20.4 Å². The summed E-state index contributed by atoms with van der Waals surface area (Å²) in [5.74, 6) is 0.334. The number of hydrogen-bond donors (Lipinski definition) is 1. The Kier molecular flexibility index (Phi) is 4.65. The molecule has 1 amide bonds. The van der Waals surface area contributed by atoms with Gasteiger partial charge < -0.3 is 14.6 Å². The van der Waals surface area contributed by atoms with E-state index in [1.807, 2.05) is 37.3 Å². The lowest BCUT2D eigenvalue weighted by Gasteiger charge is -2.12. The monoisotopic (exact) mass is 300 g/mol. The first-order valence-corrected chi connectivity index (χ1v) is 7.03. The fourth-order valence-corrected chi connectivity index (χ4v) is 2.37. The first kappa shape index (κ1) is 15.8. The molecular weight excluding hydrogens is 280 g/mol. The Morgan fingerprint density at radius 1 is 1.27 bits per heavy atom. The summed E-state index contributed by atoms with van der Waals surface area (Å²) in [6.07, 6.45) is 0. The number of carbonyl (C=O) groups is 1. The van der Waals surface area contributed by atoms with Crippen LogP contribution < -0.4 is 15.6 Å². The fourth-order valence-electron chi connectivity index (χ4n) is 2.37. The standard InChI is InChI=1S/C17H20N2O3/c1-11-9-12(2)19(3)17(21)15(11)16(20)18-10-13-7-5-6-8-14(13)22-4/h5-9H,10H2,1-4H3,(H,18,20). The number of para-hydroxylation sites is 1. The molecule has 0 spiro atoms. The van der Waals surface area contributed by atoms with E-state index in [1.165, 1.54) is 4.57 Å². The van der Waals surface area contributed by atoms with Gasteiger partial charge in [-0.25, -0.2) is 0 Å². The summed E-state index contributed by atoms with van der Waals surface area (Å²) in [7, 11) is 3.24. The smallest absolute Gasteiger partial charge is 0.263 e. The van der Waals surface area contributed by atoms with Crippen LogP contribution >= 0.6 is 0 Å². The Morgan fingerprint density at radius 2 is 1.95 bits per heavy atom.